The fraction of sp³-hybridized carbons (Fsp3) is 0.667. The minimum absolute atomic E-state index is 0.135. The largest absolute Gasteiger partial charge is 0.352 e. The first-order chi connectivity index (χ1) is 8.50. The van der Waals surface area contributed by atoms with Gasteiger partial charge in [0, 0.05) is 12.5 Å². The van der Waals surface area contributed by atoms with Crippen LogP contribution in [0.2, 0.25) is 0 Å². The van der Waals surface area contributed by atoms with E-state index in [4.69, 9.17) is 0 Å². The molecule has 0 saturated heterocycles. The highest BCUT2D eigenvalue weighted by atomic mass is 32.1. The third-order valence-corrected chi connectivity index (χ3v) is 4.95. The van der Waals surface area contributed by atoms with Crippen LogP contribution in [0.15, 0.2) is 16.8 Å². The molecule has 1 amide bonds. The summed E-state index contributed by atoms with van der Waals surface area (Å²) in [6, 6.07) is 2.07. The quantitative estimate of drug-likeness (QED) is 0.884. The number of rotatable bonds is 3. The maximum Gasteiger partial charge on any atom is 0.224 e. The molecule has 1 saturated carbocycles. The zero-order valence-corrected chi connectivity index (χ0v) is 12.3. The number of carbonyl (C=O) groups excluding carboxylic acids is 1. The van der Waals surface area contributed by atoms with Crippen LogP contribution >= 0.6 is 11.3 Å². The number of nitrogens with one attached hydrogen (secondary N) is 1. The van der Waals surface area contributed by atoms with Crippen LogP contribution in [0.4, 0.5) is 0 Å². The molecule has 1 aliphatic carbocycles. The molecule has 3 heteroatoms. The van der Waals surface area contributed by atoms with E-state index >= 15 is 0 Å². The molecule has 0 spiro atoms. The van der Waals surface area contributed by atoms with Crippen molar-refractivity contribution in [2.75, 3.05) is 0 Å². The molecule has 1 aromatic rings. The predicted octanol–water partition coefficient (Wildman–Crippen LogP) is 3.83. The Labute approximate surface area is 114 Å². The van der Waals surface area contributed by atoms with Gasteiger partial charge in [-0.25, -0.2) is 0 Å². The molecule has 1 aromatic heterocycles. The summed E-state index contributed by atoms with van der Waals surface area (Å²) in [6.45, 7) is 7.35. The Hall–Kier alpha value is -0.830. The van der Waals surface area contributed by atoms with Gasteiger partial charge in [0.1, 0.15) is 0 Å². The minimum Gasteiger partial charge on any atom is -0.352 e. The molecule has 1 heterocycles. The summed E-state index contributed by atoms with van der Waals surface area (Å²) >= 11 is 1.68. The zero-order valence-electron chi connectivity index (χ0n) is 11.5. The maximum absolute atomic E-state index is 12.4. The fourth-order valence-corrected chi connectivity index (χ4v) is 3.95. The van der Waals surface area contributed by atoms with Gasteiger partial charge in [0.25, 0.3) is 0 Å². The standard InChI is InChI=1S/C15H23NOS/c1-11-5-4-7-15(2,3)13(11)14(17)16-9-12-6-8-18-10-12/h6,8,10-11,13H,4-5,7,9H2,1-3H3,(H,16,17)/t11-,13-/m0/s1. The Balaban J connectivity index is 1.98. The van der Waals surface area contributed by atoms with Crippen LogP contribution < -0.4 is 5.32 Å². The van der Waals surface area contributed by atoms with E-state index in [9.17, 15) is 4.79 Å². The molecular weight excluding hydrogens is 242 g/mol. The second kappa shape index (κ2) is 5.43. The summed E-state index contributed by atoms with van der Waals surface area (Å²) in [5, 5.41) is 7.25. The molecular formula is C15H23NOS. The number of thiophene rings is 1. The molecule has 1 N–H and O–H groups in total. The van der Waals surface area contributed by atoms with Crippen molar-refractivity contribution in [1.82, 2.24) is 5.32 Å². The average molecular weight is 265 g/mol. The molecule has 0 unspecified atom stereocenters. The summed E-state index contributed by atoms with van der Waals surface area (Å²) in [5.41, 5.74) is 1.34. The summed E-state index contributed by atoms with van der Waals surface area (Å²) in [6.07, 6.45) is 3.59. The van der Waals surface area contributed by atoms with Gasteiger partial charge in [-0.3, -0.25) is 4.79 Å². The third kappa shape index (κ3) is 2.94. The smallest absolute Gasteiger partial charge is 0.224 e. The first kappa shape index (κ1) is 13.6. The van der Waals surface area contributed by atoms with Crippen molar-refractivity contribution in [2.24, 2.45) is 17.3 Å². The third-order valence-electron chi connectivity index (χ3n) is 4.22. The van der Waals surface area contributed by atoms with E-state index in [1.54, 1.807) is 11.3 Å². The maximum atomic E-state index is 12.4. The molecule has 0 aromatic carbocycles. The van der Waals surface area contributed by atoms with Crippen molar-refractivity contribution in [3.63, 3.8) is 0 Å². The van der Waals surface area contributed by atoms with Gasteiger partial charge in [-0.2, -0.15) is 11.3 Å². The van der Waals surface area contributed by atoms with Gasteiger partial charge in [0.05, 0.1) is 0 Å². The minimum atomic E-state index is 0.135. The van der Waals surface area contributed by atoms with Crippen molar-refractivity contribution < 1.29 is 4.79 Å². The lowest BCUT2D eigenvalue weighted by Crippen LogP contribution is -2.44. The van der Waals surface area contributed by atoms with Gasteiger partial charge in [-0.15, -0.1) is 0 Å². The van der Waals surface area contributed by atoms with Crippen LogP contribution in [0.25, 0.3) is 0 Å². The van der Waals surface area contributed by atoms with Crippen LogP contribution in [0, 0.1) is 17.3 Å². The van der Waals surface area contributed by atoms with Crippen LogP contribution in [0.3, 0.4) is 0 Å². The highest BCUT2D eigenvalue weighted by Crippen LogP contribution is 2.43. The predicted molar refractivity (Wildman–Crippen MR) is 76.5 cm³/mol. The number of hydrogen-bond acceptors (Lipinski definition) is 2. The van der Waals surface area contributed by atoms with E-state index in [1.807, 2.05) is 0 Å². The molecule has 2 atom stereocenters. The van der Waals surface area contributed by atoms with Gasteiger partial charge >= 0.3 is 0 Å². The molecule has 0 aliphatic heterocycles. The first-order valence-electron chi connectivity index (χ1n) is 6.79. The van der Waals surface area contributed by atoms with Crippen LogP contribution in [0.5, 0.6) is 0 Å². The van der Waals surface area contributed by atoms with Crippen LogP contribution in [-0.4, -0.2) is 5.91 Å². The van der Waals surface area contributed by atoms with E-state index in [2.05, 4.69) is 42.9 Å². The Kier molecular flexibility index (Phi) is 4.10. The lowest BCUT2D eigenvalue weighted by atomic mass is 9.64. The zero-order chi connectivity index (χ0) is 13.2. The second-order valence-corrected chi connectivity index (χ2v) is 6.97. The van der Waals surface area contributed by atoms with Gasteiger partial charge in [-0.1, -0.05) is 27.2 Å². The van der Waals surface area contributed by atoms with E-state index < -0.39 is 0 Å². The summed E-state index contributed by atoms with van der Waals surface area (Å²) in [5.74, 6) is 0.888. The molecule has 0 radical (unpaired) electrons. The van der Waals surface area contributed by atoms with Crippen LogP contribution in [0.1, 0.15) is 45.6 Å². The van der Waals surface area contributed by atoms with E-state index in [1.165, 1.54) is 18.4 Å². The second-order valence-electron chi connectivity index (χ2n) is 6.19. The Morgan fingerprint density at radius 2 is 2.33 bits per heavy atom. The Morgan fingerprint density at radius 1 is 1.56 bits per heavy atom. The van der Waals surface area contributed by atoms with E-state index in [-0.39, 0.29) is 17.2 Å². The van der Waals surface area contributed by atoms with Crippen molar-refractivity contribution in [3.8, 4) is 0 Å². The van der Waals surface area contributed by atoms with Crippen molar-refractivity contribution in [3.05, 3.63) is 22.4 Å². The normalized spacial score (nSPS) is 26.8. The molecule has 100 valence electrons. The first-order valence-corrected chi connectivity index (χ1v) is 7.74. The van der Waals surface area contributed by atoms with Gasteiger partial charge < -0.3 is 5.32 Å². The lowest BCUT2D eigenvalue weighted by Gasteiger charge is -2.41. The highest BCUT2D eigenvalue weighted by molar-refractivity contribution is 7.07. The number of hydrogen-bond donors (Lipinski definition) is 1. The topological polar surface area (TPSA) is 29.1 Å². The van der Waals surface area contributed by atoms with Crippen LogP contribution in [-0.2, 0) is 11.3 Å². The Morgan fingerprint density at radius 3 is 2.94 bits per heavy atom. The van der Waals surface area contributed by atoms with Crippen molar-refractivity contribution >= 4 is 17.2 Å². The molecule has 1 fully saturated rings. The average Bonchev–Trinajstić information content (AvgIpc) is 2.77. The van der Waals surface area contributed by atoms with Gasteiger partial charge in [0.2, 0.25) is 5.91 Å². The lowest BCUT2D eigenvalue weighted by molar-refractivity contribution is -0.133. The van der Waals surface area contributed by atoms with Crippen molar-refractivity contribution in [1.29, 1.82) is 0 Å². The summed E-state index contributed by atoms with van der Waals surface area (Å²) < 4.78 is 0. The summed E-state index contributed by atoms with van der Waals surface area (Å²) in [7, 11) is 0. The van der Waals surface area contributed by atoms with Gasteiger partial charge in [0.15, 0.2) is 0 Å². The van der Waals surface area contributed by atoms with E-state index in [0.717, 1.165) is 6.42 Å². The van der Waals surface area contributed by atoms with E-state index in [0.29, 0.717) is 12.5 Å². The van der Waals surface area contributed by atoms with Gasteiger partial charge in [-0.05, 0) is 46.6 Å². The molecule has 18 heavy (non-hydrogen) atoms. The SMILES string of the molecule is C[C@H]1CCCC(C)(C)[C@@H]1C(=O)NCc1ccsc1. The summed E-state index contributed by atoms with van der Waals surface area (Å²) in [4.78, 5) is 12.4. The highest BCUT2D eigenvalue weighted by Gasteiger charge is 2.41. The molecule has 0 bridgehead atoms. The molecule has 2 rings (SSSR count). The Bertz CT molecular complexity index is 397. The fourth-order valence-electron chi connectivity index (χ4n) is 3.28. The molecule has 2 nitrogen and oxygen atoms in total. The molecule has 1 aliphatic rings. The number of carbonyl (C=O) groups is 1. The number of amides is 1. The van der Waals surface area contributed by atoms with Crippen molar-refractivity contribution in [2.45, 2.75) is 46.6 Å². The monoisotopic (exact) mass is 265 g/mol.